The molecule has 0 unspecified atom stereocenters. The van der Waals surface area contributed by atoms with Gasteiger partial charge in [0.15, 0.2) is 0 Å². The molecule has 2 nitrogen and oxygen atoms in total. The molecular weight excluding hydrogens is 315 g/mol. The van der Waals surface area contributed by atoms with Gasteiger partial charge in [-0.25, -0.2) is 0 Å². The highest BCUT2D eigenvalue weighted by Crippen LogP contribution is 2.33. The Morgan fingerprint density at radius 1 is 0.955 bits per heavy atom. The summed E-state index contributed by atoms with van der Waals surface area (Å²) in [5.74, 6) is 0.0425. The normalized spacial score (nSPS) is 12.1. The van der Waals surface area contributed by atoms with Crippen LogP contribution >= 0.6 is 23.2 Å². The van der Waals surface area contributed by atoms with E-state index in [0.717, 1.165) is 17.7 Å². The van der Waals surface area contributed by atoms with Gasteiger partial charge in [0.2, 0.25) is 0 Å². The van der Waals surface area contributed by atoms with E-state index in [1.807, 2.05) is 30.3 Å². The molecule has 0 saturated carbocycles. The van der Waals surface area contributed by atoms with Gasteiger partial charge >= 0.3 is 0 Å². The van der Waals surface area contributed by atoms with Crippen molar-refractivity contribution in [3.63, 3.8) is 0 Å². The first-order valence-electron chi connectivity index (χ1n) is 6.99. The molecule has 0 N–H and O–H groups in total. The zero-order valence-electron chi connectivity index (χ0n) is 11.8. The monoisotopic (exact) mass is 328 g/mol. The molecular formula is C18H14Cl2N2. The van der Waals surface area contributed by atoms with Crippen LogP contribution < -0.4 is 0 Å². The molecule has 0 saturated heterocycles. The molecule has 0 aliphatic heterocycles. The van der Waals surface area contributed by atoms with Gasteiger partial charge in [0.25, 0.3) is 0 Å². The fourth-order valence-electron chi connectivity index (χ4n) is 2.50. The van der Waals surface area contributed by atoms with Crippen LogP contribution in [0.4, 0.5) is 0 Å². The predicted octanol–water partition coefficient (Wildman–Crippen LogP) is 5.16. The molecule has 1 atom stereocenters. The third-order valence-corrected chi connectivity index (χ3v) is 4.12. The van der Waals surface area contributed by atoms with Crippen LogP contribution in [0, 0.1) is 0 Å². The Balaban J connectivity index is 2.03. The summed E-state index contributed by atoms with van der Waals surface area (Å²) >= 11 is 12.4. The van der Waals surface area contributed by atoms with Gasteiger partial charge in [0.05, 0.1) is 5.69 Å². The van der Waals surface area contributed by atoms with Gasteiger partial charge in [-0.1, -0.05) is 59.6 Å². The summed E-state index contributed by atoms with van der Waals surface area (Å²) in [5.41, 5.74) is 3.13. The Kier molecular flexibility index (Phi) is 4.71. The van der Waals surface area contributed by atoms with Crippen molar-refractivity contribution < 1.29 is 0 Å². The summed E-state index contributed by atoms with van der Waals surface area (Å²) in [7, 11) is 0. The van der Waals surface area contributed by atoms with Crippen molar-refractivity contribution in [1.82, 2.24) is 9.97 Å². The van der Waals surface area contributed by atoms with Gasteiger partial charge in [-0.3, -0.25) is 9.97 Å². The molecule has 4 heteroatoms. The van der Waals surface area contributed by atoms with E-state index in [1.165, 1.54) is 5.56 Å². The first kappa shape index (κ1) is 15.0. The fraction of sp³-hybridized carbons (Fsp3) is 0.111. The second-order valence-corrected chi connectivity index (χ2v) is 5.88. The van der Waals surface area contributed by atoms with E-state index in [0.29, 0.717) is 10.0 Å². The Labute approximate surface area is 139 Å². The van der Waals surface area contributed by atoms with Crippen LogP contribution in [-0.2, 0) is 6.42 Å². The molecule has 3 aromatic rings. The smallest absolute Gasteiger partial charge is 0.0665 e. The highest BCUT2D eigenvalue weighted by molar-refractivity contribution is 6.35. The molecule has 0 aliphatic carbocycles. The van der Waals surface area contributed by atoms with E-state index in [-0.39, 0.29) is 5.92 Å². The van der Waals surface area contributed by atoms with Crippen LogP contribution in [0.15, 0.2) is 67.1 Å². The average Bonchev–Trinajstić information content (AvgIpc) is 2.55. The van der Waals surface area contributed by atoms with Crippen molar-refractivity contribution >= 4 is 23.2 Å². The first-order valence-corrected chi connectivity index (χ1v) is 7.74. The van der Waals surface area contributed by atoms with E-state index in [4.69, 9.17) is 23.2 Å². The highest BCUT2D eigenvalue weighted by atomic mass is 35.5. The zero-order valence-corrected chi connectivity index (χ0v) is 13.3. The van der Waals surface area contributed by atoms with Crippen LogP contribution in [0.2, 0.25) is 10.0 Å². The van der Waals surface area contributed by atoms with Crippen LogP contribution in [0.1, 0.15) is 22.7 Å². The molecule has 2 aromatic carbocycles. The number of benzene rings is 2. The van der Waals surface area contributed by atoms with Gasteiger partial charge in [0, 0.05) is 34.6 Å². The van der Waals surface area contributed by atoms with E-state index >= 15 is 0 Å². The van der Waals surface area contributed by atoms with Gasteiger partial charge in [-0.15, -0.1) is 0 Å². The van der Waals surface area contributed by atoms with E-state index in [2.05, 4.69) is 22.1 Å². The molecule has 0 radical (unpaired) electrons. The minimum Gasteiger partial charge on any atom is -0.261 e. The number of halogens is 2. The Hall–Kier alpha value is -1.90. The lowest BCUT2D eigenvalue weighted by atomic mass is 9.89. The Bertz CT molecular complexity index is 746. The Morgan fingerprint density at radius 2 is 1.77 bits per heavy atom. The minimum absolute atomic E-state index is 0.0425. The maximum Gasteiger partial charge on any atom is 0.0665 e. The number of nitrogens with zero attached hydrogens (tertiary/aromatic N) is 2. The zero-order chi connectivity index (χ0) is 15.4. The van der Waals surface area contributed by atoms with Crippen molar-refractivity contribution in [1.29, 1.82) is 0 Å². The number of rotatable bonds is 4. The highest BCUT2D eigenvalue weighted by Gasteiger charge is 2.19. The van der Waals surface area contributed by atoms with E-state index in [1.54, 1.807) is 24.7 Å². The first-order chi connectivity index (χ1) is 10.7. The minimum atomic E-state index is 0.0425. The van der Waals surface area contributed by atoms with E-state index < -0.39 is 0 Å². The molecule has 110 valence electrons. The largest absolute Gasteiger partial charge is 0.261 e. The second-order valence-electron chi connectivity index (χ2n) is 5.04. The SMILES string of the molecule is Clc1ccc([C@H](Cc2ccccc2)c2cnccn2)c(Cl)c1. The molecule has 3 rings (SSSR count). The molecule has 0 aliphatic rings. The lowest BCUT2D eigenvalue weighted by Crippen LogP contribution is -2.08. The number of aromatic nitrogens is 2. The summed E-state index contributed by atoms with van der Waals surface area (Å²) in [5, 5.41) is 1.28. The standard InChI is InChI=1S/C18H14Cl2N2/c19-14-6-7-15(17(20)11-14)16(18-12-21-8-9-22-18)10-13-4-2-1-3-5-13/h1-9,11-12,16H,10H2/t16-/m0/s1. The van der Waals surface area contributed by atoms with Crippen molar-refractivity contribution in [3.05, 3.63) is 94.0 Å². The molecule has 0 fully saturated rings. The summed E-state index contributed by atoms with van der Waals surface area (Å²) < 4.78 is 0. The lowest BCUT2D eigenvalue weighted by Gasteiger charge is -2.18. The summed E-state index contributed by atoms with van der Waals surface area (Å²) in [6.07, 6.45) is 5.98. The fourth-order valence-corrected chi connectivity index (χ4v) is 3.04. The van der Waals surface area contributed by atoms with Gasteiger partial charge in [-0.2, -0.15) is 0 Å². The maximum absolute atomic E-state index is 6.41. The van der Waals surface area contributed by atoms with Crippen LogP contribution in [0.3, 0.4) is 0 Å². The van der Waals surface area contributed by atoms with Crippen molar-refractivity contribution in [3.8, 4) is 0 Å². The third-order valence-electron chi connectivity index (χ3n) is 3.56. The van der Waals surface area contributed by atoms with Crippen molar-refractivity contribution in [2.45, 2.75) is 12.3 Å². The average molecular weight is 329 g/mol. The quantitative estimate of drug-likeness (QED) is 0.661. The third kappa shape index (κ3) is 3.46. The van der Waals surface area contributed by atoms with E-state index in [9.17, 15) is 0 Å². The molecule has 0 spiro atoms. The van der Waals surface area contributed by atoms with Crippen molar-refractivity contribution in [2.75, 3.05) is 0 Å². The predicted molar refractivity (Wildman–Crippen MR) is 90.5 cm³/mol. The lowest BCUT2D eigenvalue weighted by molar-refractivity contribution is 0.766. The summed E-state index contributed by atoms with van der Waals surface area (Å²) in [6, 6.07) is 15.9. The Morgan fingerprint density at radius 3 is 2.45 bits per heavy atom. The number of hydrogen-bond donors (Lipinski definition) is 0. The molecule has 0 bridgehead atoms. The molecule has 1 heterocycles. The maximum atomic E-state index is 6.41. The summed E-state index contributed by atoms with van der Waals surface area (Å²) in [4.78, 5) is 8.65. The van der Waals surface area contributed by atoms with Gasteiger partial charge in [-0.05, 0) is 29.7 Å². The van der Waals surface area contributed by atoms with Crippen LogP contribution in [-0.4, -0.2) is 9.97 Å². The molecule has 0 amide bonds. The molecule has 1 aromatic heterocycles. The molecule has 22 heavy (non-hydrogen) atoms. The topological polar surface area (TPSA) is 25.8 Å². The summed E-state index contributed by atoms with van der Waals surface area (Å²) in [6.45, 7) is 0. The number of hydrogen-bond acceptors (Lipinski definition) is 2. The van der Waals surface area contributed by atoms with Gasteiger partial charge in [0.1, 0.15) is 0 Å². The van der Waals surface area contributed by atoms with Crippen LogP contribution in [0.5, 0.6) is 0 Å². The van der Waals surface area contributed by atoms with Gasteiger partial charge < -0.3 is 0 Å². The second kappa shape index (κ2) is 6.91. The van der Waals surface area contributed by atoms with Crippen molar-refractivity contribution in [2.24, 2.45) is 0 Å². The van der Waals surface area contributed by atoms with Crippen LogP contribution in [0.25, 0.3) is 0 Å².